The van der Waals surface area contributed by atoms with E-state index in [1.807, 2.05) is 29.2 Å². The van der Waals surface area contributed by atoms with Crippen LogP contribution in [0.25, 0.3) is 31.3 Å². The Bertz CT molecular complexity index is 1760. The maximum Gasteiger partial charge on any atom is 0.0735 e. The fraction of sp³-hybridized carbons (Fsp3) is 0.0323. The van der Waals surface area contributed by atoms with Gasteiger partial charge in [0.25, 0.3) is 0 Å². The van der Waals surface area contributed by atoms with Crippen LogP contribution in [-0.2, 0) is 5.41 Å². The Morgan fingerprint density at radius 2 is 1.18 bits per heavy atom. The normalized spacial score (nSPS) is 14.7. The molecule has 6 aromatic rings. The predicted molar refractivity (Wildman–Crippen MR) is 146 cm³/mol. The van der Waals surface area contributed by atoms with E-state index in [1.54, 1.807) is 0 Å². The fourth-order valence-electron chi connectivity index (χ4n) is 6.14. The molecule has 1 spiro atoms. The standard InChI is InChI=1S/C31H17ClS2/c32-26-14-7-10-20-21-16-17-25-30(29(21)34-28(20)26)33-27-15-6-5-13-24(27)31(25)22-11-3-1-8-18(22)19-9-2-4-12-23(19)31/h1-17H. The second-order valence-corrected chi connectivity index (χ2v) is 11.5. The molecule has 34 heavy (non-hydrogen) atoms. The number of fused-ring (bicyclic) bond motifs is 13. The van der Waals surface area contributed by atoms with Crippen molar-refractivity contribution in [3.63, 3.8) is 0 Å². The zero-order chi connectivity index (χ0) is 22.4. The molecule has 0 amide bonds. The molecule has 0 atom stereocenters. The van der Waals surface area contributed by atoms with Gasteiger partial charge in [0.15, 0.2) is 0 Å². The lowest BCUT2D eigenvalue weighted by molar-refractivity contribution is 0.726. The van der Waals surface area contributed by atoms with Gasteiger partial charge in [-0.25, -0.2) is 0 Å². The summed E-state index contributed by atoms with van der Waals surface area (Å²) in [6.07, 6.45) is 0. The van der Waals surface area contributed by atoms with Crippen molar-refractivity contribution in [1.29, 1.82) is 0 Å². The summed E-state index contributed by atoms with van der Waals surface area (Å²) in [4.78, 5) is 2.69. The van der Waals surface area contributed by atoms with Crippen molar-refractivity contribution in [1.82, 2.24) is 0 Å². The second-order valence-electron chi connectivity index (χ2n) is 8.98. The molecule has 1 aliphatic heterocycles. The highest BCUT2D eigenvalue weighted by atomic mass is 35.5. The van der Waals surface area contributed by atoms with Gasteiger partial charge in [0.2, 0.25) is 0 Å². The fourth-order valence-corrected chi connectivity index (χ4v) is 9.06. The van der Waals surface area contributed by atoms with Crippen molar-refractivity contribution in [3.8, 4) is 11.1 Å². The molecule has 1 aliphatic carbocycles. The van der Waals surface area contributed by atoms with Gasteiger partial charge in [-0.15, -0.1) is 11.3 Å². The summed E-state index contributed by atoms with van der Waals surface area (Å²) in [5.74, 6) is 0. The first kappa shape index (κ1) is 19.3. The molecule has 3 heteroatoms. The molecule has 0 saturated heterocycles. The van der Waals surface area contributed by atoms with Gasteiger partial charge in [0, 0.05) is 25.3 Å². The largest absolute Gasteiger partial charge is 0.132 e. The quantitative estimate of drug-likeness (QED) is 0.205. The average molecular weight is 489 g/mol. The van der Waals surface area contributed by atoms with Crippen molar-refractivity contribution < 1.29 is 0 Å². The molecule has 8 rings (SSSR count). The maximum absolute atomic E-state index is 6.65. The highest BCUT2D eigenvalue weighted by Crippen LogP contribution is 2.63. The van der Waals surface area contributed by atoms with Gasteiger partial charge >= 0.3 is 0 Å². The van der Waals surface area contributed by atoms with Crippen LogP contribution in [-0.4, -0.2) is 0 Å². The van der Waals surface area contributed by atoms with E-state index < -0.39 is 0 Å². The molecule has 0 unspecified atom stereocenters. The summed E-state index contributed by atoms with van der Waals surface area (Å²) in [5, 5.41) is 3.37. The van der Waals surface area contributed by atoms with Crippen molar-refractivity contribution in [2.45, 2.75) is 15.2 Å². The highest BCUT2D eigenvalue weighted by molar-refractivity contribution is 8.00. The van der Waals surface area contributed by atoms with E-state index in [0.717, 1.165) is 5.02 Å². The third-order valence-corrected chi connectivity index (χ3v) is 10.5. The first-order valence-electron chi connectivity index (χ1n) is 11.4. The molecular formula is C31H17ClS2. The lowest BCUT2D eigenvalue weighted by atomic mass is 9.67. The SMILES string of the molecule is Clc1cccc2c1sc1c3c(ccc12)C1(c2ccccc2S3)c2ccccc2-c2ccccc21. The lowest BCUT2D eigenvalue weighted by Crippen LogP contribution is -2.31. The topological polar surface area (TPSA) is 0 Å². The average Bonchev–Trinajstić information content (AvgIpc) is 3.41. The molecular weight excluding hydrogens is 472 g/mol. The molecule has 160 valence electrons. The number of halogens is 1. The molecule has 0 saturated carbocycles. The second kappa shape index (κ2) is 6.76. The van der Waals surface area contributed by atoms with E-state index in [-0.39, 0.29) is 5.41 Å². The van der Waals surface area contributed by atoms with E-state index in [1.165, 1.54) is 63.3 Å². The van der Waals surface area contributed by atoms with E-state index in [4.69, 9.17) is 11.6 Å². The Hall–Kier alpha value is -3.04. The molecule has 2 heterocycles. The van der Waals surface area contributed by atoms with E-state index in [9.17, 15) is 0 Å². The van der Waals surface area contributed by atoms with Crippen LogP contribution < -0.4 is 0 Å². The number of rotatable bonds is 0. The zero-order valence-electron chi connectivity index (χ0n) is 18.0. The van der Waals surface area contributed by atoms with Crippen LogP contribution in [0, 0.1) is 0 Å². The number of hydrogen-bond donors (Lipinski definition) is 0. The van der Waals surface area contributed by atoms with Crippen molar-refractivity contribution in [2.24, 2.45) is 0 Å². The molecule has 0 radical (unpaired) electrons. The molecule has 0 bridgehead atoms. The predicted octanol–water partition coefficient (Wildman–Crippen LogP) is 9.54. The third kappa shape index (κ3) is 2.22. The zero-order valence-corrected chi connectivity index (χ0v) is 20.4. The van der Waals surface area contributed by atoms with Crippen LogP contribution in [0.2, 0.25) is 5.02 Å². The van der Waals surface area contributed by atoms with Gasteiger partial charge in [0.1, 0.15) is 0 Å². The summed E-state index contributed by atoms with van der Waals surface area (Å²) < 4.78 is 2.51. The van der Waals surface area contributed by atoms with E-state index in [0.29, 0.717) is 0 Å². The molecule has 0 fully saturated rings. The van der Waals surface area contributed by atoms with Gasteiger partial charge in [0.05, 0.1) is 15.1 Å². The Labute approximate surface area is 210 Å². The molecule has 0 nitrogen and oxygen atoms in total. The highest BCUT2D eigenvalue weighted by Gasteiger charge is 2.50. The first-order chi connectivity index (χ1) is 16.8. The minimum atomic E-state index is -0.321. The molecule has 0 N–H and O–H groups in total. The van der Waals surface area contributed by atoms with Crippen LogP contribution in [0.5, 0.6) is 0 Å². The van der Waals surface area contributed by atoms with Crippen LogP contribution >= 0.6 is 34.7 Å². The Morgan fingerprint density at radius 1 is 0.529 bits per heavy atom. The Morgan fingerprint density at radius 3 is 1.94 bits per heavy atom. The van der Waals surface area contributed by atoms with Crippen LogP contribution in [0.1, 0.15) is 22.3 Å². The van der Waals surface area contributed by atoms with E-state index >= 15 is 0 Å². The summed E-state index contributed by atoms with van der Waals surface area (Å²) in [6.45, 7) is 0. The lowest BCUT2D eigenvalue weighted by Gasteiger charge is -2.39. The van der Waals surface area contributed by atoms with Gasteiger partial charge in [-0.1, -0.05) is 114 Å². The number of benzene rings is 5. The summed E-state index contributed by atoms with van der Waals surface area (Å²) in [6, 6.07) is 37.9. The summed E-state index contributed by atoms with van der Waals surface area (Å²) in [5.41, 5.74) is 7.87. The van der Waals surface area contributed by atoms with Crippen LogP contribution in [0.15, 0.2) is 113 Å². The first-order valence-corrected chi connectivity index (χ1v) is 13.4. The summed E-state index contributed by atoms with van der Waals surface area (Å²) in [7, 11) is 0. The number of hydrogen-bond acceptors (Lipinski definition) is 2. The van der Waals surface area contributed by atoms with Crippen LogP contribution in [0.3, 0.4) is 0 Å². The van der Waals surface area contributed by atoms with Gasteiger partial charge < -0.3 is 0 Å². The molecule has 2 aliphatic rings. The minimum absolute atomic E-state index is 0.321. The van der Waals surface area contributed by atoms with Gasteiger partial charge in [-0.3, -0.25) is 0 Å². The maximum atomic E-state index is 6.65. The number of thiophene rings is 1. The van der Waals surface area contributed by atoms with Crippen LogP contribution in [0.4, 0.5) is 0 Å². The Balaban J connectivity index is 1.59. The Kier molecular flexibility index (Phi) is 3.84. The minimum Gasteiger partial charge on any atom is -0.132 e. The van der Waals surface area contributed by atoms with Crippen molar-refractivity contribution in [3.05, 3.63) is 130 Å². The van der Waals surface area contributed by atoms with Gasteiger partial charge in [-0.05, 0) is 45.5 Å². The van der Waals surface area contributed by atoms with Crippen molar-refractivity contribution in [2.75, 3.05) is 0 Å². The molecule has 5 aromatic carbocycles. The van der Waals surface area contributed by atoms with E-state index in [2.05, 4.69) is 97.1 Å². The smallest absolute Gasteiger partial charge is 0.0735 e. The van der Waals surface area contributed by atoms with Gasteiger partial charge in [-0.2, -0.15) is 0 Å². The third-order valence-electron chi connectivity index (χ3n) is 7.43. The molecule has 1 aromatic heterocycles. The van der Waals surface area contributed by atoms with Crippen molar-refractivity contribution >= 4 is 54.9 Å². The summed E-state index contributed by atoms with van der Waals surface area (Å²) >= 11 is 10.4. The monoisotopic (exact) mass is 488 g/mol.